The van der Waals surface area contributed by atoms with Gasteiger partial charge in [-0.05, 0) is 34.1 Å². The summed E-state index contributed by atoms with van der Waals surface area (Å²) in [5.41, 5.74) is 0.907. The quantitative estimate of drug-likeness (QED) is 0.728. The van der Waals surface area contributed by atoms with Crippen LogP contribution in [0, 0.1) is 0 Å². The number of rotatable bonds is 1. The fourth-order valence-electron chi connectivity index (χ4n) is 1.04. The maximum absolute atomic E-state index is 5.83. The van der Waals surface area contributed by atoms with Crippen molar-refractivity contribution in [3.8, 4) is 11.3 Å². The van der Waals surface area contributed by atoms with Gasteiger partial charge in [-0.1, -0.05) is 11.6 Å². The molecule has 0 radical (unpaired) electrons. The van der Waals surface area contributed by atoms with Crippen LogP contribution in [0.1, 0.15) is 0 Å². The fraction of sp³-hybridized carbons (Fsp3) is 0. The van der Waals surface area contributed by atoms with Gasteiger partial charge in [-0.25, -0.2) is 4.98 Å². The molecule has 2 rings (SSSR count). The lowest BCUT2D eigenvalue weighted by atomic mass is 10.2. The van der Waals surface area contributed by atoms with Crippen LogP contribution in [-0.2, 0) is 0 Å². The molecule has 0 saturated carbocycles. The highest BCUT2D eigenvalue weighted by atomic mass is 79.9. The number of furan rings is 1. The first kappa shape index (κ1) is 8.78. The Morgan fingerprint density at radius 2 is 2.23 bits per heavy atom. The summed E-state index contributed by atoms with van der Waals surface area (Å²) in [6, 6.07) is 5.54. The van der Waals surface area contributed by atoms with Gasteiger partial charge in [0.25, 0.3) is 0 Å². The van der Waals surface area contributed by atoms with E-state index in [0.29, 0.717) is 5.15 Å². The summed E-state index contributed by atoms with van der Waals surface area (Å²) in [7, 11) is 0. The van der Waals surface area contributed by atoms with Gasteiger partial charge in [0.1, 0.15) is 10.9 Å². The lowest BCUT2D eigenvalue weighted by molar-refractivity contribution is 0.582. The molecule has 0 amide bonds. The van der Waals surface area contributed by atoms with Gasteiger partial charge in [0, 0.05) is 11.8 Å². The van der Waals surface area contributed by atoms with E-state index in [1.165, 1.54) is 0 Å². The van der Waals surface area contributed by atoms with Crippen molar-refractivity contribution in [1.82, 2.24) is 4.98 Å². The standard InChI is InChI=1S/C9H5BrClNO/c10-8-6(3-4-12-9(8)11)7-2-1-5-13-7/h1-5H. The lowest BCUT2D eigenvalue weighted by Gasteiger charge is -2.00. The normalized spacial score (nSPS) is 10.3. The van der Waals surface area contributed by atoms with Crippen LogP contribution in [0.4, 0.5) is 0 Å². The smallest absolute Gasteiger partial charge is 0.143 e. The zero-order chi connectivity index (χ0) is 9.26. The molecule has 0 aliphatic rings. The molecule has 0 unspecified atom stereocenters. The molecule has 0 aliphatic carbocycles. The van der Waals surface area contributed by atoms with Crippen molar-refractivity contribution in [2.45, 2.75) is 0 Å². The Labute approximate surface area is 88.7 Å². The molecule has 0 atom stereocenters. The zero-order valence-electron chi connectivity index (χ0n) is 6.50. The van der Waals surface area contributed by atoms with E-state index in [-0.39, 0.29) is 0 Å². The van der Waals surface area contributed by atoms with Gasteiger partial charge in [0.05, 0.1) is 10.7 Å². The second-order valence-corrected chi connectivity index (χ2v) is 3.59. The second-order valence-electron chi connectivity index (χ2n) is 2.44. The van der Waals surface area contributed by atoms with Crippen molar-refractivity contribution in [3.63, 3.8) is 0 Å². The molecule has 4 heteroatoms. The molecule has 0 aromatic carbocycles. The third kappa shape index (κ3) is 1.62. The van der Waals surface area contributed by atoms with Crippen LogP contribution in [-0.4, -0.2) is 4.98 Å². The number of halogens is 2. The molecule has 0 aliphatic heterocycles. The highest BCUT2D eigenvalue weighted by Gasteiger charge is 2.08. The topological polar surface area (TPSA) is 26.0 Å². The summed E-state index contributed by atoms with van der Waals surface area (Å²) in [6.07, 6.45) is 3.26. The molecule has 2 heterocycles. The molecular weight excluding hydrogens is 253 g/mol. The minimum Gasteiger partial charge on any atom is -0.464 e. The Morgan fingerprint density at radius 1 is 1.38 bits per heavy atom. The van der Waals surface area contributed by atoms with Crippen LogP contribution in [0.5, 0.6) is 0 Å². The molecule has 2 aromatic rings. The molecular formula is C9H5BrClNO. The summed E-state index contributed by atoms with van der Waals surface area (Å²) >= 11 is 9.18. The zero-order valence-corrected chi connectivity index (χ0v) is 8.84. The fourth-order valence-corrected chi connectivity index (χ4v) is 1.63. The second kappa shape index (κ2) is 3.52. The first-order valence-corrected chi connectivity index (χ1v) is 4.80. The van der Waals surface area contributed by atoms with E-state index in [2.05, 4.69) is 20.9 Å². The summed E-state index contributed by atoms with van der Waals surface area (Å²) in [5, 5.41) is 0.439. The van der Waals surface area contributed by atoms with E-state index in [0.717, 1.165) is 15.8 Å². The Bertz CT molecular complexity index is 414. The largest absolute Gasteiger partial charge is 0.464 e. The first-order valence-electron chi connectivity index (χ1n) is 3.63. The van der Waals surface area contributed by atoms with Gasteiger partial charge in [-0.3, -0.25) is 0 Å². The van der Waals surface area contributed by atoms with Gasteiger partial charge in [0.2, 0.25) is 0 Å². The maximum Gasteiger partial charge on any atom is 0.143 e. The van der Waals surface area contributed by atoms with Gasteiger partial charge in [-0.15, -0.1) is 0 Å². The summed E-state index contributed by atoms with van der Waals surface area (Å²) in [4.78, 5) is 3.93. The number of nitrogens with zero attached hydrogens (tertiary/aromatic N) is 1. The molecule has 66 valence electrons. The van der Waals surface area contributed by atoms with E-state index in [4.69, 9.17) is 16.0 Å². The van der Waals surface area contributed by atoms with Crippen LogP contribution >= 0.6 is 27.5 Å². The molecule has 0 spiro atoms. The third-order valence-corrected chi connectivity index (χ3v) is 2.95. The van der Waals surface area contributed by atoms with E-state index in [9.17, 15) is 0 Å². The average molecular weight is 259 g/mol. The average Bonchev–Trinajstić information content (AvgIpc) is 2.62. The van der Waals surface area contributed by atoms with E-state index in [1.54, 1.807) is 12.5 Å². The summed E-state index contributed by atoms with van der Waals surface area (Å²) in [5.74, 6) is 0.774. The van der Waals surface area contributed by atoms with Crippen molar-refractivity contribution in [3.05, 3.63) is 40.3 Å². The Hall–Kier alpha value is -0.800. The molecule has 2 aromatic heterocycles. The minimum absolute atomic E-state index is 0.439. The maximum atomic E-state index is 5.83. The van der Waals surface area contributed by atoms with E-state index < -0.39 is 0 Å². The van der Waals surface area contributed by atoms with Crippen LogP contribution in [0.3, 0.4) is 0 Å². The van der Waals surface area contributed by atoms with Crippen molar-refractivity contribution in [1.29, 1.82) is 0 Å². The van der Waals surface area contributed by atoms with E-state index >= 15 is 0 Å². The van der Waals surface area contributed by atoms with Crippen molar-refractivity contribution in [2.75, 3.05) is 0 Å². The Morgan fingerprint density at radius 3 is 2.92 bits per heavy atom. The number of pyridine rings is 1. The third-order valence-electron chi connectivity index (χ3n) is 1.63. The van der Waals surface area contributed by atoms with Crippen LogP contribution in [0.2, 0.25) is 5.15 Å². The van der Waals surface area contributed by atoms with Crippen LogP contribution in [0.25, 0.3) is 11.3 Å². The van der Waals surface area contributed by atoms with Gasteiger partial charge < -0.3 is 4.42 Å². The highest BCUT2D eigenvalue weighted by molar-refractivity contribution is 9.10. The number of hydrogen-bond donors (Lipinski definition) is 0. The van der Waals surface area contributed by atoms with Crippen molar-refractivity contribution in [2.24, 2.45) is 0 Å². The Balaban J connectivity index is 2.59. The van der Waals surface area contributed by atoms with Gasteiger partial charge >= 0.3 is 0 Å². The van der Waals surface area contributed by atoms with Crippen LogP contribution in [0.15, 0.2) is 39.5 Å². The predicted molar refractivity (Wildman–Crippen MR) is 54.6 cm³/mol. The van der Waals surface area contributed by atoms with Gasteiger partial charge in [-0.2, -0.15) is 0 Å². The number of hydrogen-bond acceptors (Lipinski definition) is 2. The lowest BCUT2D eigenvalue weighted by Crippen LogP contribution is -1.81. The molecule has 0 bridgehead atoms. The molecule has 2 nitrogen and oxygen atoms in total. The highest BCUT2D eigenvalue weighted by Crippen LogP contribution is 2.32. The summed E-state index contributed by atoms with van der Waals surface area (Å²) < 4.78 is 6.00. The predicted octanol–water partition coefficient (Wildman–Crippen LogP) is 3.76. The monoisotopic (exact) mass is 257 g/mol. The first-order chi connectivity index (χ1) is 6.29. The molecule has 0 saturated heterocycles. The minimum atomic E-state index is 0.439. The van der Waals surface area contributed by atoms with Crippen molar-refractivity contribution < 1.29 is 4.42 Å². The Kier molecular flexibility index (Phi) is 2.38. The molecule has 0 N–H and O–H groups in total. The number of aromatic nitrogens is 1. The summed E-state index contributed by atoms with van der Waals surface area (Å²) in [6.45, 7) is 0. The SMILES string of the molecule is Clc1nccc(-c2ccco2)c1Br. The van der Waals surface area contributed by atoms with E-state index in [1.807, 2.05) is 18.2 Å². The van der Waals surface area contributed by atoms with Gasteiger partial charge in [0.15, 0.2) is 0 Å². The molecule has 13 heavy (non-hydrogen) atoms. The van der Waals surface area contributed by atoms with Crippen LogP contribution < -0.4 is 0 Å². The molecule has 0 fully saturated rings. The van der Waals surface area contributed by atoms with Crippen molar-refractivity contribution >= 4 is 27.5 Å².